The number of rotatable bonds is 6. The molecular formula is C23H31N3O4. The van der Waals surface area contributed by atoms with Crippen molar-refractivity contribution in [3.05, 3.63) is 23.8 Å². The van der Waals surface area contributed by atoms with Crippen molar-refractivity contribution in [1.82, 2.24) is 9.80 Å². The topological polar surface area (TPSA) is 79.0 Å². The van der Waals surface area contributed by atoms with E-state index in [2.05, 4.69) is 5.32 Å². The van der Waals surface area contributed by atoms with Crippen molar-refractivity contribution in [2.24, 2.45) is 5.92 Å². The zero-order valence-corrected chi connectivity index (χ0v) is 17.7. The summed E-state index contributed by atoms with van der Waals surface area (Å²) in [6, 6.07) is 5.63. The van der Waals surface area contributed by atoms with Crippen LogP contribution in [0.1, 0.15) is 50.5 Å². The largest absolute Gasteiger partial charge is 0.497 e. The minimum atomic E-state index is -0.242. The van der Waals surface area contributed by atoms with Crippen molar-refractivity contribution in [3.8, 4) is 5.75 Å². The van der Waals surface area contributed by atoms with Crippen LogP contribution in [-0.4, -0.2) is 60.3 Å². The Bertz CT molecular complexity index is 825. The summed E-state index contributed by atoms with van der Waals surface area (Å²) < 4.78 is 5.34. The monoisotopic (exact) mass is 413 g/mol. The smallest absolute Gasteiger partial charge is 0.229 e. The summed E-state index contributed by atoms with van der Waals surface area (Å²) in [6.45, 7) is 2.17. The van der Waals surface area contributed by atoms with E-state index in [1.807, 2.05) is 28.0 Å². The van der Waals surface area contributed by atoms with Gasteiger partial charge >= 0.3 is 0 Å². The van der Waals surface area contributed by atoms with Gasteiger partial charge in [0.05, 0.1) is 13.0 Å². The van der Waals surface area contributed by atoms with E-state index >= 15 is 0 Å². The average Bonchev–Trinajstić information content (AvgIpc) is 3.17. The first-order valence-corrected chi connectivity index (χ1v) is 11.1. The van der Waals surface area contributed by atoms with Gasteiger partial charge in [-0.15, -0.1) is 0 Å². The summed E-state index contributed by atoms with van der Waals surface area (Å²) in [5, 5.41) is 3.03. The number of carbonyl (C=O) groups excluding carboxylic acids is 3. The molecule has 2 fully saturated rings. The summed E-state index contributed by atoms with van der Waals surface area (Å²) in [6.07, 6.45) is 6.15. The molecule has 3 heterocycles. The predicted molar refractivity (Wildman–Crippen MR) is 113 cm³/mol. The van der Waals surface area contributed by atoms with Crippen molar-refractivity contribution < 1.29 is 19.1 Å². The predicted octanol–water partition coefficient (Wildman–Crippen LogP) is 2.59. The lowest BCUT2D eigenvalue weighted by Crippen LogP contribution is -2.52. The average molecular weight is 414 g/mol. The quantitative estimate of drug-likeness (QED) is 0.778. The van der Waals surface area contributed by atoms with E-state index in [9.17, 15) is 14.4 Å². The highest BCUT2D eigenvalue weighted by Gasteiger charge is 2.39. The number of amides is 3. The third-order valence-corrected chi connectivity index (χ3v) is 6.67. The van der Waals surface area contributed by atoms with Crippen molar-refractivity contribution in [3.63, 3.8) is 0 Å². The van der Waals surface area contributed by atoms with Crippen LogP contribution in [0.2, 0.25) is 0 Å². The van der Waals surface area contributed by atoms with Crippen LogP contribution < -0.4 is 10.1 Å². The van der Waals surface area contributed by atoms with Crippen molar-refractivity contribution in [2.45, 2.75) is 57.4 Å². The van der Waals surface area contributed by atoms with E-state index in [1.54, 1.807) is 7.11 Å². The van der Waals surface area contributed by atoms with Crippen LogP contribution in [0.3, 0.4) is 0 Å². The fourth-order valence-corrected chi connectivity index (χ4v) is 5.04. The van der Waals surface area contributed by atoms with Gasteiger partial charge < -0.3 is 19.9 Å². The molecule has 3 amide bonds. The second kappa shape index (κ2) is 9.06. The number of anilines is 1. The third kappa shape index (κ3) is 4.30. The van der Waals surface area contributed by atoms with E-state index in [0.717, 1.165) is 49.2 Å². The molecule has 1 aromatic rings. The molecule has 162 valence electrons. The molecule has 0 bridgehead atoms. The molecule has 3 aliphatic heterocycles. The number of piperidine rings is 1. The molecule has 4 rings (SSSR count). The van der Waals surface area contributed by atoms with Gasteiger partial charge in [-0.05, 0) is 62.3 Å². The molecule has 1 aromatic carbocycles. The van der Waals surface area contributed by atoms with E-state index in [0.29, 0.717) is 38.8 Å². The molecule has 0 saturated carbocycles. The Morgan fingerprint density at radius 3 is 2.83 bits per heavy atom. The number of carbonyl (C=O) groups is 3. The fourth-order valence-electron chi connectivity index (χ4n) is 5.04. The van der Waals surface area contributed by atoms with Gasteiger partial charge in [-0.3, -0.25) is 14.4 Å². The SMILES string of the molecule is COc1ccc2c(c1)C[C@H]([C@H]1CCCCN1C(=O)CCCN1CCCC1=O)C(=O)N2. The Hall–Kier alpha value is -2.57. The summed E-state index contributed by atoms with van der Waals surface area (Å²) >= 11 is 0. The van der Waals surface area contributed by atoms with Crippen LogP contribution in [-0.2, 0) is 20.8 Å². The lowest BCUT2D eigenvalue weighted by molar-refractivity contribution is -0.139. The lowest BCUT2D eigenvalue weighted by Gasteiger charge is -2.41. The fraction of sp³-hybridized carbons (Fsp3) is 0.609. The van der Waals surface area contributed by atoms with Gasteiger partial charge in [0.25, 0.3) is 0 Å². The van der Waals surface area contributed by atoms with E-state index < -0.39 is 0 Å². The molecule has 3 aliphatic rings. The zero-order chi connectivity index (χ0) is 21.1. The van der Waals surface area contributed by atoms with E-state index in [-0.39, 0.29) is 29.7 Å². The number of fused-ring (bicyclic) bond motifs is 1. The van der Waals surface area contributed by atoms with Crippen LogP contribution in [0.25, 0.3) is 0 Å². The van der Waals surface area contributed by atoms with Gasteiger partial charge in [-0.1, -0.05) is 0 Å². The van der Waals surface area contributed by atoms with Gasteiger partial charge in [0.15, 0.2) is 0 Å². The summed E-state index contributed by atoms with van der Waals surface area (Å²) in [7, 11) is 1.64. The molecule has 0 aliphatic carbocycles. The second-order valence-electron chi connectivity index (χ2n) is 8.56. The van der Waals surface area contributed by atoms with Gasteiger partial charge in [0, 0.05) is 44.2 Å². The maximum absolute atomic E-state index is 13.0. The molecule has 2 saturated heterocycles. The molecule has 1 N–H and O–H groups in total. The molecule has 0 aromatic heterocycles. The molecule has 7 nitrogen and oxygen atoms in total. The Balaban J connectivity index is 1.41. The first-order chi connectivity index (χ1) is 14.6. The number of likely N-dealkylation sites (tertiary alicyclic amines) is 2. The number of ether oxygens (including phenoxy) is 1. The standard InChI is InChI=1S/C23H31N3O4/c1-30-17-9-10-19-16(14-17)15-18(23(29)24-19)20-6-2-3-13-26(20)22(28)8-5-12-25-11-4-7-21(25)27/h9-10,14,18,20H,2-8,11-13,15H2,1H3,(H,24,29)/t18-,20-/m1/s1. The summed E-state index contributed by atoms with van der Waals surface area (Å²) in [5.41, 5.74) is 1.89. The van der Waals surface area contributed by atoms with Crippen LogP contribution >= 0.6 is 0 Å². The highest BCUT2D eigenvalue weighted by molar-refractivity contribution is 5.96. The summed E-state index contributed by atoms with van der Waals surface area (Å²) in [4.78, 5) is 41.5. The molecule has 7 heteroatoms. The van der Waals surface area contributed by atoms with Crippen molar-refractivity contribution in [2.75, 3.05) is 32.1 Å². The van der Waals surface area contributed by atoms with Gasteiger partial charge in [-0.25, -0.2) is 0 Å². The third-order valence-electron chi connectivity index (χ3n) is 6.67. The van der Waals surface area contributed by atoms with Crippen LogP contribution in [0.15, 0.2) is 18.2 Å². The van der Waals surface area contributed by atoms with Crippen molar-refractivity contribution in [1.29, 1.82) is 0 Å². The number of nitrogens with zero attached hydrogens (tertiary/aromatic N) is 2. The highest BCUT2D eigenvalue weighted by Crippen LogP contribution is 2.34. The minimum Gasteiger partial charge on any atom is -0.497 e. The highest BCUT2D eigenvalue weighted by atomic mass is 16.5. The zero-order valence-electron chi connectivity index (χ0n) is 17.7. The van der Waals surface area contributed by atoms with Crippen molar-refractivity contribution >= 4 is 23.4 Å². The molecule has 0 spiro atoms. The Morgan fingerprint density at radius 2 is 2.07 bits per heavy atom. The first kappa shape index (κ1) is 20.7. The summed E-state index contributed by atoms with van der Waals surface area (Å²) in [5.74, 6) is 0.840. The lowest BCUT2D eigenvalue weighted by atomic mass is 9.82. The van der Waals surface area contributed by atoms with E-state index in [4.69, 9.17) is 4.74 Å². The minimum absolute atomic E-state index is 0.0000280. The molecule has 0 radical (unpaired) electrons. The van der Waals surface area contributed by atoms with Crippen LogP contribution in [0.5, 0.6) is 5.75 Å². The van der Waals surface area contributed by atoms with E-state index in [1.165, 1.54) is 0 Å². The van der Waals surface area contributed by atoms with Gasteiger partial charge in [0.1, 0.15) is 5.75 Å². The first-order valence-electron chi connectivity index (χ1n) is 11.1. The normalized spacial score (nSPS) is 23.9. The maximum Gasteiger partial charge on any atom is 0.229 e. The Morgan fingerprint density at radius 1 is 1.20 bits per heavy atom. The van der Waals surface area contributed by atoms with Crippen LogP contribution in [0, 0.1) is 5.92 Å². The Kier molecular flexibility index (Phi) is 6.25. The maximum atomic E-state index is 13.0. The van der Waals surface area contributed by atoms with Gasteiger partial charge in [-0.2, -0.15) is 0 Å². The number of hydrogen-bond acceptors (Lipinski definition) is 4. The number of benzene rings is 1. The molecule has 0 unspecified atom stereocenters. The number of nitrogens with one attached hydrogen (secondary N) is 1. The molecular weight excluding hydrogens is 382 g/mol. The number of hydrogen-bond donors (Lipinski definition) is 1. The number of methoxy groups -OCH3 is 1. The van der Waals surface area contributed by atoms with Crippen LogP contribution in [0.4, 0.5) is 5.69 Å². The second-order valence-corrected chi connectivity index (χ2v) is 8.56. The molecule has 30 heavy (non-hydrogen) atoms. The molecule has 2 atom stereocenters. The van der Waals surface area contributed by atoms with Gasteiger partial charge in [0.2, 0.25) is 17.7 Å². The Labute approximate surface area is 177 Å².